The fraction of sp³-hybridized carbons (Fsp3) is 0.643. The third-order valence-electron chi connectivity index (χ3n) is 0.642. The summed E-state index contributed by atoms with van der Waals surface area (Å²) >= 11 is 0. The molecule has 0 unspecified atom stereocenters. The van der Waals surface area contributed by atoms with Crippen molar-refractivity contribution in [2.24, 2.45) is 11.5 Å². The monoisotopic (exact) mass is 649 g/mol. The van der Waals surface area contributed by atoms with Gasteiger partial charge in [0.25, 0.3) is 0 Å². The summed E-state index contributed by atoms with van der Waals surface area (Å²) in [6, 6.07) is 0. The zero-order valence-electron chi connectivity index (χ0n) is 22.5. The number of hydrogen-bond acceptors (Lipinski definition) is 14. The van der Waals surface area contributed by atoms with E-state index in [0.717, 1.165) is 47.7 Å². The van der Waals surface area contributed by atoms with E-state index in [1.807, 2.05) is 0 Å². The van der Waals surface area contributed by atoms with Crippen molar-refractivity contribution in [3.63, 3.8) is 0 Å². The Bertz CT molecular complexity index is 307. The van der Waals surface area contributed by atoms with Crippen LogP contribution in [-0.4, -0.2) is 61.5 Å². The van der Waals surface area contributed by atoms with Gasteiger partial charge in [-0.2, -0.15) is 0 Å². The minimum atomic E-state index is -1.08. The third-order valence-corrected chi connectivity index (χ3v) is 0.642. The average Bonchev–Trinajstić information content (AvgIpc) is 2.35. The molecule has 0 amide bonds. The second kappa shape index (κ2) is 83.5. The van der Waals surface area contributed by atoms with Crippen LogP contribution in [0.4, 0.5) is 0 Å². The first-order valence-electron chi connectivity index (χ1n) is 7.06. The van der Waals surface area contributed by atoms with Crippen molar-refractivity contribution in [3.05, 3.63) is 0 Å². The predicted octanol–water partition coefficient (Wildman–Crippen LogP) is -25.9. The number of aliphatic carboxylic acids is 5. The van der Waals surface area contributed by atoms with Crippen LogP contribution in [-0.2, 0) is 24.0 Å². The van der Waals surface area contributed by atoms with Crippen LogP contribution in [0.15, 0.2) is 0 Å². The number of carbonyl (C=O) groups is 5. The largest absolute Gasteiger partial charge is 1.00 e. The van der Waals surface area contributed by atoms with E-state index in [1.165, 1.54) is 0 Å². The summed E-state index contributed by atoms with van der Waals surface area (Å²) in [5.41, 5.74) is 10.3. The summed E-state index contributed by atoms with van der Waals surface area (Å²) in [6.45, 7) is 7.99. The van der Waals surface area contributed by atoms with Crippen molar-refractivity contribution < 1.29 is 363 Å². The molecule has 172 valence electrons. The molecule has 0 aliphatic rings. The second-order valence-corrected chi connectivity index (χ2v) is 3.79. The van der Waals surface area contributed by atoms with Crippen LogP contribution in [0.5, 0.6) is 0 Å². The third kappa shape index (κ3) is 465. The van der Waals surface area contributed by atoms with Crippen LogP contribution in [0.3, 0.4) is 0 Å². The van der Waals surface area contributed by atoms with Gasteiger partial charge in [0.2, 0.25) is 0 Å². The van der Waals surface area contributed by atoms with Crippen LogP contribution in [0.1, 0.15) is 34.6 Å². The predicted molar refractivity (Wildman–Crippen MR) is 86.3 cm³/mol. The molecule has 0 fully saturated rings. The summed E-state index contributed by atoms with van der Waals surface area (Å²) in [5, 5.41) is 47.5. The van der Waals surface area contributed by atoms with Gasteiger partial charge in [-0.15, -0.1) is 0 Å². The molecule has 0 saturated heterocycles. The van der Waals surface area contributed by atoms with Gasteiger partial charge in [0.15, 0.2) is 0 Å². The Morgan fingerprint density at radius 2 is 0.588 bits per heavy atom. The van der Waals surface area contributed by atoms with Crippen LogP contribution < -0.4 is 351 Å². The Morgan fingerprint density at radius 1 is 0.500 bits per heavy atom. The van der Waals surface area contributed by atoms with Gasteiger partial charge in [0.1, 0.15) is 0 Å². The molecular formula is C14H29K6N3O11. The molecule has 0 bridgehead atoms. The maximum absolute atomic E-state index is 8.89. The molecule has 6 N–H and O–H groups in total. The van der Waals surface area contributed by atoms with Crippen molar-refractivity contribution in [3.8, 4) is 0 Å². The molecule has 0 aromatic heterocycles. The molecule has 0 rings (SSSR count). The number of nitrogens with one attached hydrogen (secondary N) is 1. The summed E-state index contributed by atoms with van der Waals surface area (Å²) in [6.07, 6.45) is 0. The maximum Gasteiger partial charge on any atom is 1.00 e. The number of hydrogen-bond donors (Lipinski definition) is 3. The molecule has 0 aromatic carbocycles. The van der Waals surface area contributed by atoms with Gasteiger partial charge in [-0.25, -0.2) is 0 Å². The SMILES string of the molecule is CC(=O)[O-].CC(=O)[O-].CC(=O)[O-].CC(=O)[O-].CC(=O)[O-].NCCNCCN.[K+].[K+].[K+].[K+].[K+].[K+].[OH-]. The molecule has 20 heteroatoms. The molecule has 0 saturated carbocycles. The summed E-state index contributed by atoms with van der Waals surface area (Å²) in [5.74, 6) is -5.42. The van der Waals surface area contributed by atoms with E-state index in [1.54, 1.807) is 0 Å². The first-order valence-corrected chi connectivity index (χ1v) is 7.06. The quantitative estimate of drug-likeness (QED) is 0.188. The van der Waals surface area contributed by atoms with Crippen LogP contribution in [0.2, 0.25) is 0 Å². The van der Waals surface area contributed by atoms with E-state index in [9.17, 15) is 0 Å². The fourth-order valence-electron chi connectivity index (χ4n) is 0.329. The molecule has 0 aliphatic heterocycles. The Labute approximate surface area is 457 Å². The van der Waals surface area contributed by atoms with Crippen LogP contribution in [0, 0.1) is 0 Å². The van der Waals surface area contributed by atoms with E-state index in [2.05, 4.69) is 5.32 Å². The van der Waals surface area contributed by atoms with Gasteiger partial charge in [-0.05, 0) is 34.6 Å². The molecular weight excluding hydrogens is 621 g/mol. The van der Waals surface area contributed by atoms with E-state index in [-0.39, 0.29) is 314 Å². The number of carboxylic acid groups (broad SMARTS) is 5. The molecule has 0 spiro atoms. The minimum Gasteiger partial charge on any atom is -0.870 e. The second-order valence-electron chi connectivity index (χ2n) is 3.79. The molecule has 0 heterocycles. The van der Waals surface area contributed by atoms with Gasteiger partial charge in [-0.3, -0.25) is 0 Å². The van der Waals surface area contributed by atoms with E-state index >= 15 is 0 Å². The smallest absolute Gasteiger partial charge is 0.870 e. The summed E-state index contributed by atoms with van der Waals surface area (Å²) in [7, 11) is 0. The molecule has 14 nitrogen and oxygen atoms in total. The van der Waals surface area contributed by atoms with Gasteiger partial charge < -0.3 is 71.8 Å². The summed E-state index contributed by atoms with van der Waals surface area (Å²) < 4.78 is 0. The number of rotatable bonds is 4. The zero-order chi connectivity index (χ0) is 23.4. The van der Waals surface area contributed by atoms with Crippen molar-refractivity contribution >= 4 is 29.8 Å². The normalized spacial score (nSPS) is 5.62. The Hall–Kier alpha value is 7.01. The standard InChI is InChI=1S/C4H13N3.5C2H4O2.6K.H2O/c5-1-3-7-4-2-6;5*1-2(3)4;;;;;;;/h7H,1-6H2;5*1H3,(H,3,4);;;;;;;1H2/q;;;;;;6*+1;/p-6. The number of carboxylic acids is 5. The van der Waals surface area contributed by atoms with E-state index in [0.29, 0.717) is 13.1 Å². The first kappa shape index (κ1) is 83.7. The van der Waals surface area contributed by atoms with Crippen LogP contribution in [0.25, 0.3) is 0 Å². The topological polar surface area (TPSA) is 295 Å². The Balaban J connectivity index is -0.0000000138. The average molecular weight is 650 g/mol. The van der Waals surface area contributed by atoms with Crippen molar-refractivity contribution in [2.45, 2.75) is 34.6 Å². The van der Waals surface area contributed by atoms with Gasteiger partial charge in [0, 0.05) is 56.0 Å². The van der Waals surface area contributed by atoms with Crippen molar-refractivity contribution in [1.29, 1.82) is 0 Å². The van der Waals surface area contributed by atoms with E-state index in [4.69, 9.17) is 61.0 Å². The molecule has 34 heavy (non-hydrogen) atoms. The fourth-order valence-corrected chi connectivity index (χ4v) is 0.329. The number of nitrogens with two attached hydrogens (primary N) is 2. The Morgan fingerprint density at radius 3 is 0.647 bits per heavy atom. The van der Waals surface area contributed by atoms with Crippen molar-refractivity contribution in [1.82, 2.24) is 5.32 Å². The minimum absolute atomic E-state index is 0. The van der Waals surface area contributed by atoms with Gasteiger partial charge >= 0.3 is 308 Å². The molecule has 0 atom stereocenters. The molecule has 0 radical (unpaired) electrons. The first-order chi connectivity index (χ1) is 12.1. The maximum atomic E-state index is 8.89. The van der Waals surface area contributed by atoms with Crippen LogP contribution >= 0.6 is 0 Å². The summed E-state index contributed by atoms with van der Waals surface area (Å²) in [4.78, 5) is 44.4. The zero-order valence-corrected chi connectivity index (χ0v) is 41.3. The Kier molecular flexibility index (Phi) is 205. The number of carbonyl (C=O) groups excluding carboxylic acids is 5. The van der Waals surface area contributed by atoms with Crippen molar-refractivity contribution in [2.75, 3.05) is 26.2 Å². The molecule has 0 aromatic rings. The van der Waals surface area contributed by atoms with Gasteiger partial charge in [-0.1, -0.05) is 0 Å². The van der Waals surface area contributed by atoms with E-state index < -0.39 is 29.8 Å². The molecule has 0 aliphatic carbocycles. The van der Waals surface area contributed by atoms with Gasteiger partial charge in [0.05, 0.1) is 0 Å².